The molecule has 1 aromatic heterocycles. The Morgan fingerprint density at radius 2 is 2.00 bits per heavy atom. The van der Waals surface area contributed by atoms with Crippen LogP contribution in [0.1, 0.15) is 50.6 Å². The minimum absolute atomic E-state index is 0.0317. The Hall–Kier alpha value is -1.58. The number of aromatic nitrogens is 1. The fourth-order valence-electron chi connectivity index (χ4n) is 2.48. The van der Waals surface area contributed by atoms with E-state index in [2.05, 4.69) is 0 Å². The smallest absolute Gasteiger partial charge is 0.329 e. The molecule has 0 aliphatic heterocycles. The zero-order valence-electron chi connectivity index (χ0n) is 11.6. The van der Waals surface area contributed by atoms with E-state index in [4.69, 9.17) is 4.74 Å². The molecular weight excluding hydrogens is 242 g/mol. The summed E-state index contributed by atoms with van der Waals surface area (Å²) in [5.41, 5.74) is 0.788. The monoisotopic (exact) mass is 263 g/mol. The molecule has 1 saturated carbocycles. The summed E-state index contributed by atoms with van der Waals surface area (Å²) in [5, 5.41) is 0. The molecule has 0 radical (unpaired) electrons. The van der Waals surface area contributed by atoms with Gasteiger partial charge in [0, 0.05) is 12.3 Å². The second kappa shape index (κ2) is 6.04. The van der Waals surface area contributed by atoms with E-state index in [0.717, 1.165) is 31.2 Å². The minimum Gasteiger partial charge on any atom is -0.461 e. The third kappa shape index (κ3) is 3.46. The minimum atomic E-state index is -0.561. The summed E-state index contributed by atoms with van der Waals surface area (Å²) in [6.45, 7) is 3.61. The summed E-state index contributed by atoms with van der Waals surface area (Å²) < 4.78 is 6.95. The van der Waals surface area contributed by atoms with E-state index in [-0.39, 0.29) is 17.6 Å². The van der Waals surface area contributed by atoms with E-state index in [1.54, 1.807) is 19.2 Å². The van der Waals surface area contributed by atoms with Crippen molar-refractivity contribution in [3.05, 3.63) is 34.2 Å². The van der Waals surface area contributed by atoms with Crippen molar-refractivity contribution >= 4 is 5.97 Å². The zero-order valence-corrected chi connectivity index (χ0v) is 11.6. The lowest BCUT2D eigenvalue weighted by Gasteiger charge is -2.24. The second-order valence-corrected chi connectivity index (χ2v) is 5.32. The Balaban J connectivity index is 2.05. The van der Waals surface area contributed by atoms with E-state index < -0.39 is 6.04 Å². The molecule has 0 bridgehead atoms. The largest absolute Gasteiger partial charge is 0.461 e. The van der Waals surface area contributed by atoms with Gasteiger partial charge < -0.3 is 9.30 Å². The Labute approximate surface area is 113 Å². The van der Waals surface area contributed by atoms with Crippen LogP contribution in [0.25, 0.3) is 0 Å². The van der Waals surface area contributed by atoms with E-state index >= 15 is 0 Å². The molecule has 19 heavy (non-hydrogen) atoms. The van der Waals surface area contributed by atoms with Crippen LogP contribution in [0.5, 0.6) is 0 Å². The van der Waals surface area contributed by atoms with E-state index in [9.17, 15) is 9.59 Å². The van der Waals surface area contributed by atoms with E-state index in [1.807, 2.05) is 6.92 Å². The summed E-state index contributed by atoms with van der Waals surface area (Å²) >= 11 is 0. The van der Waals surface area contributed by atoms with Gasteiger partial charge in [-0.25, -0.2) is 4.79 Å². The SMILES string of the molecule is Cc1ccc(=O)n(C(C)C(=O)OC2CCCCC2)c1. The topological polar surface area (TPSA) is 48.3 Å². The highest BCUT2D eigenvalue weighted by molar-refractivity contribution is 5.74. The Bertz CT molecular complexity index is 500. The number of aryl methyl sites for hydroxylation is 1. The molecule has 1 aromatic rings. The standard InChI is InChI=1S/C15H21NO3/c1-11-8-9-14(17)16(10-11)12(2)15(18)19-13-6-4-3-5-7-13/h8-10,12-13H,3-7H2,1-2H3. The molecule has 0 aromatic carbocycles. The summed E-state index contributed by atoms with van der Waals surface area (Å²) in [5.74, 6) is -0.306. The van der Waals surface area contributed by atoms with Crippen molar-refractivity contribution in [3.63, 3.8) is 0 Å². The van der Waals surface area contributed by atoms with Crippen LogP contribution in [0.4, 0.5) is 0 Å². The Morgan fingerprint density at radius 1 is 1.32 bits per heavy atom. The quantitative estimate of drug-likeness (QED) is 0.787. The molecule has 1 heterocycles. The molecule has 104 valence electrons. The van der Waals surface area contributed by atoms with Crippen LogP contribution in [0.15, 0.2) is 23.1 Å². The van der Waals surface area contributed by atoms with Crippen LogP contribution in [0.2, 0.25) is 0 Å². The summed E-state index contributed by atoms with van der Waals surface area (Å²) in [7, 11) is 0. The number of hydrogen-bond acceptors (Lipinski definition) is 3. The van der Waals surface area contributed by atoms with Crippen molar-refractivity contribution in [2.45, 2.75) is 58.1 Å². The van der Waals surface area contributed by atoms with Crippen molar-refractivity contribution in [2.24, 2.45) is 0 Å². The highest BCUT2D eigenvalue weighted by Crippen LogP contribution is 2.21. The summed E-state index contributed by atoms with van der Waals surface area (Å²) in [6.07, 6.45) is 7.09. The number of carbonyl (C=O) groups excluding carboxylic acids is 1. The van der Waals surface area contributed by atoms with Gasteiger partial charge >= 0.3 is 5.97 Å². The van der Waals surface area contributed by atoms with Gasteiger partial charge in [-0.2, -0.15) is 0 Å². The van der Waals surface area contributed by atoms with Gasteiger partial charge in [0.2, 0.25) is 0 Å². The van der Waals surface area contributed by atoms with Gasteiger partial charge in [-0.15, -0.1) is 0 Å². The molecule has 0 N–H and O–H groups in total. The lowest BCUT2D eigenvalue weighted by atomic mass is 9.98. The van der Waals surface area contributed by atoms with Crippen molar-refractivity contribution in [1.29, 1.82) is 0 Å². The van der Waals surface area contributed by atoms with Crippen molar-refractivity contribution in [3.8, 4) is 0 Å². The van der Waals surface area contributed by atoms with Gasteiger partial charge in [0.05, 0.1) is 0 Å². The normalized spacial score (nSPS) is 18.0. The average Bonchev–Trinajstić information content (AvgIpc) is 2.42. The Morgan fingerprint density at radius 3 is 2.68 bits per heavy atom. The fraction of sp³-hybridized carbons (Fsp3) is 0.600. The molecule has 1 aliphatic rings. The van der Waals surface area contributed by atoms with Gasteiger partial charge in [-0.3, -0.25) is 4.79 Å². The third-order valence-corrected chi connectivity index (χ3v) is 3.68. The van der Waals surface area contributed by atoms with Crippen LogP contribution >= 0.6 is 0 Å². The van der Waals surface area contributed by atoms with Crippen LogP contribution in [0, 0.1) is 6.92 Å². The molecule has 0 saturated heterocycles. The number of carbonyl (C=O) groups is 1. The molecule has 1 fully saturated rings. The van der Waals surface area contributed by atoms with Gasteiger partial charge in [0.1, 0.15) is 12.1 Å². The maximum Gasteiger partial charge on any atom is 0.329 e. The molecule has 1 unspecified atom stereocenters. The maximum atomic E-state index is 12.1. The van der Waals surface area contributed by atoms with Crippen LogP contribution in [0.3, 0.4) is 0 Å². The lowest BCUT2D eigenvalue weighted by Crippen LogP contribution is -2.31. The predicted molar refractivity (Wildman–Crippen MR) is 73.1 cm³/mol. The highest BCUT2D eigenvalue weighted by atomic mass is 16.5. The second-order valence-electron chi connectivity index (χ2n) is 5.32. The molecule has 0 spiro atoms. The molecule has 4 nitrogen and oxygen atoms in total. The lowest BCUT2D eigenvalue weighted by molar-refractivity contribution is -0.154. The summed E-state index contributed by atoms with van der Waals surface area (Å²) in [6, 6.07) is 2.67. The van der Waals surface area contributed by atoms with Gasteiger partial charge in [0.15, 0.2) is 0 Å². The first kappa shape index (κ1) is 13.8. The van der Waals surface area contributed by atoms with Crippen molar-refractivity contribution < 1.29 is 9.53 Å². The molecule has 1 aliphatic carbocycles. The number of ether oxygens (including phenoxy) is 1. The van der Waals surface area contributed by atoms with Crippen molar-refractivity contribution in [2.75, 3.05) is 0 Å². The van der Waals surface area contributed by atoms with Gasteiger partial charge in [-0.05, 0) is 45.1 Å². The van der Waals surface area contributed by atoms with Gasteiger partial charge in [-0.1, -0.05) is 12.5 Å². The number of esters is 1. The number of rotatable bonds is 3. The molecule has 1 atom stereocenters. The predicted octanol–water partition coefficient (Wildman–Crippen LogP) is 2.59. The van der Waals surface area contributed by atoms with Gasteiger partial charge in [0.25, 0.3) is 5.56 Å². The first-order valence-electron chi connectivity index (χ1n) is 6.97. The molecule has 4 heteroatoms. The number of pyridine rings is 1. The maximum absolute atomic E-state index is 12.1. The molecule has 2 rings (SSSR count). The number of nitrogens with zero attached hydrogens (tertiary/aromatic N) is 1. The van der Waals surface area contributed by atoms with E-state index in [1.165, 1.54) is 17.1 Å². The highest BCUT2D eigenvalue weighted by Gasteiger charge is 2.23. The number of hydrogen-bond donors (Lipinski definition) is 0. The first-order valence-corrected chi connectivity index (χ1v) is 6.97. The fourth-order valence-corrected chi connectivity index (χ4v) is 2.48. The molecule has 0 amide bonds. The van der Waals surface area contributed by atoms with Crippen LogP contribution in [-0.2, 0) is 9.53 Å². The zero-order chi connectivity index (χ0) is 13.8. The average molecular weight is 263 g/mol. The van der Waals surface area contributed by atoms with Crippen LogP contribution in [-0.4, -0.2) is 16.6 Å². The van der Waals surface area contributed by atoms with Crippen molar-refractivity contribution in [1.82, 2.24) is 4.57 Å². The first-order chi connectivity index (χ1) is 9.08. The molecular formula is C15H21NO3. The van der Waals surface area contributed by atoms with E-state index in [0.29, 0.717) is 0 Å². The Kier molecular flexibility index (Phi) is 4.40. The summed E-state index contributed by atoms with van der Waals surface area (Å²) in [4.78, 5) is 23.9. The third-order valence-electron chi connectivity index (χ3n) is 3.68. The van der Waals surface area contributed by atoms with Crippen LogP contribution < -0.4 is 5.56 Å².